The fraction of sp³-hybridized carbons (Fsp3) is 0.200. The molecular formula is C15H14F2N2O2. The highest BCUT2D eigenvalue weighted by Gasteiger charge is 2.16. The third-order valence-electron chi connectivity index (χ3n) is 3.01. The van der Waals surface area contributed by atoms with Crippen LogP contribution in [-0.4, -0.2) is 11.0 Å². The molecule has 0 aliphatic carbocycles. The fourth-order valence-electron chi connectivity index (χ4n) is 2.07. The Hall–Kier alpha value is -2.50. The highest BCUT2D eigenvalue weighted by molar-refractivity contribution is 5.61. The van der Waals surface area contributed by atoms with Crippen molar-refractivity contribution in [2.75, 3.05) is 5.32 Å². The Morgan fingerprint density at radius 3 is 2.38 bits per heavy atom. The summed E-state index contributed by atoms with van der Waals surface area (Å²) >= 11 is 0. The summed E-state index contributed by atoms with van der Waals surface area (Å²) in [5.41, 5.74) is 0.840. The molecule has 4 nitrogen and oxygen atoms in total. The van der Waals surface area contributed by atoms with Crippen molar-refractivity contribution >= 4 is 11.4 Å². The number of benzene rings is 2. The summed E-state index contributed by atoms with van der Waals surface area (Å²) in [7, 11) is 0. The van der Waals surface area contributed by atoms with Gasteiger partial charge in [-0.25, -0.2) is 8.78 Å². The Morgan fingerprint density at radius 1 is 1.14 bits per heavy atom. The van der Waals surface area contributed by atoms with Crippen molar-refractivity contribution in [2.24, 2.45) is 0 Å². The molecule has 0 bridgehead atoms. The predicted molar refractivity (Wildman–Crippen MR) is 76.2 cm³/mol. The molecule has 0 heterocycles. The molecule has 0 aromatic heterocycles. The summed E-state index contributed by atoms with van der Waals surface area (Å²) in [6.07, 6.45) is 0.536. The van der Waals surface area contributed by atoms with E-state index in [4.69, 9.17) is 0 Å². The molecule has 1 unspecified atom stereocenters. The fourth-order valence-corrected chi connectivity index (χ4v) is 2.07. The summed E-state index contributed by atoms with van der Waals surface area (Å²) < 4.78 is 26.1. The second-order valence-corrected chi connectivity index (χ2v) is 4.79. The number of hydrogen-bond donors (Lipinski definition) is 1. The minimum Gasteiger partial charge on any atom is -0.377 e. The Morgan fingerprint density at radius 2 is 1.76 bits per heavy atom. The predicted octanol–water partition coefficient (Wildman–Crippen LogP) is 3.92. The lowest BCUT2D eigenvalue weighted by Crippen LogP contribution is -2.19. The molecular weight excluding hydrogens is 278 g/mol. The van der Waals surface area contributed by atoms with E-state index in [1.807, 2.05) is 6.92 Å². The Kier molecular flexibility index (Phi) is 4.47. The van der Waals surface area contributed by atoms with Gasteiger partial charge in [0.2, 0.25) is 0 Å². The average Bonchev–Trinajstić information content (AvgIpc) is 2.41. The van der Waals surface area contributed by atoms with Crippen molar-refractivity contribution in [3.05, 3.63) is 69.8 Å². The monoisotopic (exact) mass is 292 g/mol. The molecule has 0 aliphatic heterocycles. The molecule has 0 fully saturated rings. The molecule has 21 heavy (non-hydrogen) atoms. The number of nitrogens with zero attached hydrogens (tertiary/aromatic N) is 1. The van der Waals surface area contributed by atoms with Gasteiger partial charge in [0.1, 0.15) is 17.3 Å². The van der Waals surface area contributed by atoms with E-state index >= 15 is 0 Å². The van der Waals surface area contributed by atoms with Crippen molar-refractivity contribution in [3.63, 3.8) is 0 Å². The van der Waals surface area contributed by atoms with Crippen molar-refractivity contribution in [1.29, 1.82) is 0 Å². The zero-order valence-electron chi connectivity index (χ0n) is 11.3. The molecule has 2 rings (SSSR count). The number of nitrogens with one attached hydrogen (secondary N) is 1. The summed E-state index contributed by atoms with van der Waals surface area (Å²) in [6, 6.07) is 9.10. The normalized spacial score (nSPS) is 12.0. The van der Waals surface area contributed by atoms with E-state index in [-0.39, 0.29) is 23.2 Å². The van der Waals surface area contributed by atoms with Gasteiger partial charge >= 0.3 is 0 Å². The van der Waals surface area contributed by atoms with E-state index < -0.39 is 10.7 Å². The quantitative estimate of drug-likeness (QED) is 0.671. The SMILES string of the molecule is CC(Cc1ccc(F)cc1)Nc1cc(F)ccc1[N+](=O)[O-]. The van der Waals surface area contributed by atoms with Crippen molar-refractivity contribution in [3.8, 4) is 0 Å². The standard InChI is InChI=1S/C15H14F2N2O2/c1-10(8-11-2-4-12(16)5-3-11)18-14-9-13(17)6-7-15(14)19(20)21/h2-7,9-10,18H,8H2,1H3. The van der Waals surface area contributed by atoms with Crippen LogP contribution in [0.5, 0.6) is 0 Å². The lowest BCUT2D eigenvalue weighted by atomic mass is 10.1. The second-order valence-electron chi connectivity index (χ2n) is 4.79. The lowest BCUT2D eigenvalue weighted by molar-refractivity contribution is -0.384. The van der Waals surface area contributed by atoms with Crippen LogP contribution in [0.15, 0.2) is 42.5 Å². The zero-order chi connectivity index (χ0) is 15.4. The van der Waals surface area contributed by atoms with Crippen LogP contribution in [0.3, 0.4) is 0 Å². The largest absolute Gasteiger partial charge is 0.377 e. The number of rotatable bonds is 5. The van der Waals surface area contributed by atoms with Gasteiger partial charge in [-0.2, -0.15) is 0 Å². The molecule has 1 atom stereocenters. The molecule has 0 spiro atoms. The van der Waals surface area contributed by atoms with Gasteiger partial charge in [0.15, 0.2) is 0 Å². The smallest absolute Gasteiger partial charge is 0.292 e. The maximum absolute atomic E-state index is 13.2. The van der Waals surface area contributed by atoms with Gasteiger partial charge in [-0.05, 0) is 37.1 Å². The first kappa shape index (κ1) is 14.9. The van der Waals surface area contributed by atoms with Gasteiger partial charge < -0.3 is 5.32 Å². The lowest BCUT2D eigenvalue weighted by Gasteiger charge is -2.15. The topological polar surface area (TPSA) is 55.2 Å². The Labute approximate surface area is 120 Å². The van der Waals surface area contributed by atoms with Gasteiger partial charge in [0.25, 0.3) is 5.69 Å². The molecule has 0 saturated heterocycles. The molecule has 110 valence electrons. The molecule has 0 amide bonds. The van der Waals surface area contributed by atoms with Gasteiger partial charge in [0, 0.05) is 18.2 Å². The average molecular weight is 292 g/mol. The molecule has 2 aromatic rings. The maximum atomic E-state index is 13.2. The minimum atomic E-state index is -0.563. The number of anilines is 1. The number of nitro benzene ring substituents is 1. The number of halogens is 2. The van der Waals surface area contributed by atoms with E-state index in [0.29, 0.717) is 6.42 Å². The van der Waals surface area contributed by atoms with E-state index in [2.05, 4.69) is 5.32 Å². The molecule has 0 aliphatic rings. The maximum Gasteiger partial charge on any atom is 0.292 e. The van der Waals surface area contributed by atoms with Gasteiger partial charge in [-0.3, -0.25) is 10.1 Å². The van der Waals surface area contributed by atoms with Crippen LogP contribution in [0.1, 0.15) is 12.5 Å². The summed E-state index contributed by atoms with van der Waals surface area (Å²) in [5, 5.41) is 13.8. The third kappa shape index (κ3) is 3.98. The van der Waals surface area contributed by atoms with E-state index in [1.165, 1.54) is 12.1 Å². The van der Waals surface area contributed by atoms with Gasteiger partial charge in [0.05, 0.1) is 4.92 Å². The molecule has 6 heteroatoms. The minimum absolute atomic E-state index is 0.134. The van der Waals surface area contributed by atoms with Crippen LogP contribution >= 0.6 is 0 Å². The van der Waals surface area contributed by atoms with Crippen LogP contribution in [0.2, 0.25) is 0 Å². The van der Waals surface area contributed by atoms with E-state index in [0.717, 1.165) is 23.8 Å². The first-order chi connectivity index (χ1) is 9.95. The first-order valence-corrected chi connectivity index (χ1v) is 6.40. The Balaban J connectivity index is 2.12. The van der Waals surface area contributed by atoms with Gasteiger partial charge in [-0.1, -0.05) is 12.1 Å². The van der Waals surface area contributed by atoms with Crippen molar-refractivity contribution in [1.82, 2.24) is 0 Å². The summed E-state index contributed by atoms with van der Waals surface area (Å²) in [4.78, 5) is 10.3. The van der Waals surface area contributed by atoms with E-state index in [9.17, 15) is 18.9 Å². The number of hydrogen-bond acceptors (Lipinski definition) is 3. The highest BCUT2D eigenvalue weighted by atomic mass is 19.1. The van der Waals surface area contributed by atoms with Crippen LogP contribution in [0, 0.1) is 21.7 Å². The van der Waals surface area contributed by atoms with Gasteiger partial charge in [-0.15, -0.1) is 0 Å². The van der Waals surface area contributed by atoms with Crippen molar-refractivity contribution in [2.45, 2.75) is 19.4 Å². The first-order valence-electron chi connectivity index (χ1n) is 6.40. The number of nitro groups is 1. The highest BCUT2D eigenvalue weighted by Crippen LogP contribution is 2.26. The molecule has 0 radical (unpaired) electrons. The van der Waals surface area contributed by atoms with Crippen LogP contribution in [0.4, 0.5) is 20.2 Å². The molecule has 2 aromatic carbocycles. The van der Waals surface area contributed by atoms with Crippen LogP contribution in [0.25, 0.3) is 0 Å². The second kappa shape index (κ2) is 6.30. The zero-order valence-corrected chi connectivity index (χ0v) is 11.3. The molecule has 0 saturated carbocycles. The van der Waals surface area contributed by atoms with Crippen molar-refractivity contribution < 1.29 is 13.7 Å². The Bertz CT molecular complexity index is 645. The van der Waals surface area contributed by atoms with Crippen LogP contribution in [-0.2, 0) is 6.42 Å². The summed E-state index contributed by atoms with van der Waals surface area (Å²) in [6.45, 7) is 1.82. The van der Waals surface area contributed by atoms with E-state index in [1.54, 1.807) is 12.1 Å². The molecule has 1 N–H and O–H groups in total. The third-order valence-corrected chi connectivity index (χ3v) is 3.01. The van der Waals surface area contributed by atoms with Crippen LogP contribution < -0.4 is 5.32 Å². The summed E-state index contributed by atoms with van der Waals surface area (Å²) in [5.74, 6) is -0.864.